The van der Waals surface area contributed by atoms with Crippen LogP contribution in [0.4, 0.5) is 0 Å². The molecule has 0 atom stereocenters. The highest BCUT2D eigenvalue weighted by Gasteiger charge is 1.92. The van der Waals surface area contributed by atoms with E-state index in [0.717, 1.165) is 38.2 Å². The van der Waals surface area contributed by atoms with E-state index < -0.39 is 0 Å². The van der Waals surface area contributed by atoms with Gasteiger partial charge in [-0.2, -0.15) is 0 Å². The van der Waals surface area contributed by atoms with E-state index >= 15 is 0 Å². The van der Waals surface area contributed by atoms with Gasteiger partial charge >= 0.3 is 0 Å². The van der Waals surface area contributed by atoms with Crippen molar-refractivity contribution in [3.63, 3.8) is 0 Å². The molecule has 0 aliphatic heterocycles. The summed E-state index contributed by atoms with van der Waals surface area (Å²) in [6, 6.07) is 6.02. The normalized spacial score (nSPS) is 10.4. The summed E-state index contributed by atoms with van der Waals surface area (Å²) in [5.41, 5.74) is 6.55. The number of nitrogens with zero attached hydrogens (tertiary/aromatic N) is 1. The third-order valence-corrected chi connectivity index (χ3v) is 2.09. The summed E-state index contributed by atoms with van der Waals surface area (Å²) in [7, 11) is 0. The minimum atomic E-state index is 0.794. The van der Waals surface area contributed by atoms with E-state index in [9.17, 15) is 0 Å². The van der Waals surface area contributed by atoms with Gasteiger partial charge in [-0.15, -0.1) is 0 Å². The second kappa shape index (κ2) is 7.47. The molecule has 1 heterocycles. The Hall–Kier alpha value is -0.930. The molecule has 3 heteroatoms. The molecular weight excluding hydrogens is 174 g/mol. The first-order chi connectivity index (χ1) is 6.93. The van der Waals surface area contributed by atoms with E-state index in [0.29, 0.717) is 0 Å². The van der Waals surface area contributed by atoms with Gasteiger partial charge in [0.15, 0.2) is 0 Å². The number of aromatic nitrogens is 1. The molecule has 78 valence electrons. The Morgan fingerprint density at radius 1 is 1.21 bits per heavy atom. The van der Waals surface area contributed by atoms with Crippen LogP contribution in [0.2, 0.25) is 0 Å². The maximum atomic E-state index is 5.40. The van der Waals surface area contributed by atoms with Crippen LogP contribution in [-0.4, -0.2) is 24.6 Å². The highest BCUT2D eigenvalue weighted by molar-refractivity contribution is 5.03. The zero-order chi connectivity index (χ0) is 10.1. The van der Waals surface area contributed by atoms with E-state index in [4.69, 9.17) is 5.73 Å². The summed E-state index contributed by atoms with van der Waals surface area (Å²) in [4.78, 5) is 4.25. The van der Waals surface area contributed by atoms with Crippen LogP contribution < -0.4 is 11.1 Å². The van der Waals surface area contributed by atoms with E-state index in [2.05, 4.69) is 16.4 Å². The van der Waals surface area contributed by atoms with Crippen LogP contribution in [0, 0.1) is 0 Å². The number of hydrogen-bond donors (Lipinski definition) is 2. The molecule has 3 N–H and O–H groups in total. The maximum absolute atomic E-state index is 5.40. The minimum Gasteiger partial charge on any atom is -0.330 e. The Morgan fingerprint density at radius 3 is 2.86 bits per heavy atom. The first-order valence-corrected chi connectivity index (χ1v) is 5.24. The zero-order valence-electron chi connectivity index (χ0n) is 8.58. The Kier molecular flexibility index (Phi) is 5.95. The Balaban J connectivity index is 1.99. The average molecular weight is 193 g/mol. The number of nitrogens with one attached hydrogen (secondary N) is 1. The molecular formula is C11H19N3. The largest absolute Gasteiger partial charge is 0.330 e. The van der Waals surface area contributed by atoms with Crippen molar-refractivity contribution in [2.75, 3.05) is 19.6 Å². The van der Waals surface area contributed by atoms with Gasteiger partial charge < -0.3 is 11.1 Å². The molecule has 3 nitrogen and oxygen atoms in total. The number of rotatable bonds is 7. The fourth-order valence-corrected chi connectivity index (χ4v) is 1.28. The minimum absolute atomic E-state index is 0.794. The second-order valence-corrected chi connectivity index (χ2v) is 3.32. The van der Waals surface area contributed by atoms with Crippen LogP contribution in [-0.2, 0) is 6.42 Å². The molecule has 1 aromatic heterocycles. The SMILES string of the molecule is NCCCCNCCc1ccccn1. The topological polar surface area (TPSA) is 50.9 Å². The third-order valence-electron chi connectivity index (χ3n) is 2.09. The van der Waals surface area contributed by atoms with Crippen LogP contribution in [0.15, 0.2) is 24.4 Å². The average Bonchev–Trinajstić information content (AvgIpc) is 2.25. The Morgan fingerprint density at radius 2 is 2.14 bits per heavy atom. The van der Waals surface area contributed by atoms with Crippen LogP contribution in [0.5, 0.6) is 0 Å². The highest BCUT2D eigenvalue weighted by atomic mass is 14.8. The van der Waals surface area contributed by atoms with Crippen LogP contribution in [0.3, 0.4) is 0 Å². The molecule has 1 rings (SSSR count). The first kappa shape index (κ1) is 11.1. The Labute approximate surface area is 85.7 Å². The number of nitrogens with two attached hydrogens (primary N) is 1. The number of pyridine rings is 1. The maximum Gasteiger partial charge on any atom is 0.0416 e. The fourth-order valence-electron chi connectivity index (χ4n) is 1.28. The van der Waals surface area contributed by atoms with Crippen LogP contribution in [0.1, 0.15) is 18.5 Å². The third kappa shape index (κ3) is 4.94. The standard InChI is InChI=1S/C11H19N3/c12-7-2-4-8-13-10-6-11-5-1-3-9-14-11/h1,3,5,9,13H,2,4,6-8,10,12H2. The fraction of sp³-hybridized carbons (Fsp3) is 0.545. The van der Waals surface area contributed by atoms with Gasteiger partial charge in [-0.1, -0.05) is 6.07 Å². The molecule has 0 radical (unpaired) electrons. The summed E-state index contributed by atoms with van der Waals surface area (Å²) in [5.74, 6) is 0. The van der Waals surface area contributed by atoms with Crippen molar-refractivity contribution in [2.45, 2.75) is 19.3 Å². The van der Waals surface area contributed by atoms with Crippen LogP contribution in [0.25, 0.3) is 0 Å². The van der Waals surface area contributed by atoms with Gasteiger partial charge in [0.2, 0.25) is 0 Å². The van der Waals surface area contributed by atoms with Crippen molar-refractivity contribution in [3.05, 3.63) is 30.1 Å². The first-order valence-electron chi connectivity index (χ1n) is 5.24. The van der Waals surface area contributed by atoms with Crippen molar-refractivity contribution in [1.29, 1.82) is 0 Å². The van der Waals surface area contributed by atoms with Crippen molar-refractivity contribution >= 4 is 0 Å². The van der Waals surface area contributed by atoms with Gasteiger partial charge in [-0.3, -0.25) is 4.98 Å². The van der Waals surface area contributed by atoms with Crippen LogP contribution >= 0.6 is 0 Å². The molecule has 14 heavy (non-hydrogen) atoms. The molecule has 0 fully saturated rings. The lowest BCUT2D eigenvalue weighted by Crippen LogP contribution is -2.19. The molecule has 0 aliphatic rings. The lowest BCUT2D eigenvalue weighted by Gasteiger charge is -2.03. The summed E-state index contributed by atoms with van der Waals surface area (Å²) in [6.07, 6.45) is 5.11. The second-order valence-electron chi connectivity index (χ2n) is 3.32. The molecule has 0 amide bonds. The summed E-state index contributed by atoms with van der Waals surface area (Å²) in [5, 5.41) is 3.37. The molecule has 0 bridgehead atoms. The van der Waals surface area contributed by atoms with E-state index in [1.54, 1.807) is 0 Å². The van der Waals surface area contributed by atoms with Gasteiger partial charge in [0, 0.05) is 24.9 Å². The van der Waals surface area contributed by atoms with Crippen molar-refractivity contribution < 1.29 is 0 Å². The van der Waals surface area contributed by atoms with Gasteiger partial charge in [0.1, 0.15) is 0 Å². The quantitative estimate of drug-likeness (QED) is 0.634. The molecule has 0 unspecified atom stereocenters. The van der Waals surface area contributed by atoms with E-state index in [-0.39, 0.29) is 0 Å². The lowest BCUT2D eigenvalue weighted by atomic mass is 10.2. The molecule has 0 aliphatic carbocycles. The predicted molar refractivity (Wildman–Crippen MR) is 59.1 cm³/mol. The lowest BCUT2D eigenvalue weighted by molar-refractivity contribution is 0.624. The molecule has 1 aromatic rings. The van der Waals surface area contributed by atoms with E-state index in [1.807, 2.05) is 18.3 Å². The summed E-state index contributed by atoms with van der Waals surface area (Å²) in [6.45, 7) is 2.85. The number of unbranched alkanes of at least 4 members (excludes halogenated alkanes) is 1. The molecule has 0 spiro atoms. The number of hydrogen-bond acceptors (Lipinski definition) is 3. The van der Waals surface area contributed by atoms with Crippen molar-refractivity contribution in [3.8, 4) is 0 Å². The van der Waals surface area contributed by atoms with Gasteiger partial charge in [0.05, 0.1) is 0 Å². The summed E-state index contributed by atoms with van der Waals surface area (Å²) < 4.78 is 0. The summed E-state index contributed by atoms with van der Waals surface area (Å²) >= 11 is 0. The van der Waals surface area contributed by atoms with Gasteiger partial charge in [-0.25, -0.2) is 0 Å². The molecule has 0 saturated heterocycles. The molecule has 0 saturated carbocycles. The zero-order valence-corrected chi connectivity index (χ0v) is 8.58. The van der Waals surface area contributed by atoms with Crippen molar-refractivity contribution in [2.24, 2.45) is 5.73 Å². The van der Waals surface area contributed by atoms with E-state index in [1.165, 1.54) is 6.42 Å². The molecule has 0 aromatic carbocycles. The van der Waals surface area contributed by atoms with Gasteiger partial charge in [-0.05, 0) is 38.1 Å². The van der Waals surface area contributed by atoms with Gasteiger partial charge in [0.25, 0.3) is 0 Å². The smallest absolute Gasteiger partial charge is 0.0416 e. The van der Waals surface area contributed by atoms with Crippen molar-refractivity contribution in [1.82, 2.24) is 10.3 Å². The monoisotopic (exact) mass is 193 g/mol. The predicted octanol–water partition coefficient (Wildman–Crippen LogP) is 0.953. The Bertz CT molecular complexity index is 223. The highest BCUT2D eigenvalue weighted by Crippen LogP contribution is 1.93.